The van der Waals surface area contributed by atoms with E-state index in [1.807, 2.05) is 20.8 Å². The molecule has 0 aromatic heterocycles. The summed E-state index contributed by atoms with van der Waals surface area (Å²) in [5, 5.41) is 9.73. The van der Waals surface area contributed by atoms with Gasteiger partial charge in [-0.1, -0.05) is 12.8 Å². The summed E-state index contributed by atoms with van der Waals surface area (Å²) in [6, 6.07) is 6.88. The molecular weight excluding hydrogens is 294 g/mol. The Hall–Kier alpha value is -2.04. The Bertz CT molecular complexity index is 553. The molecule has 1 aromatic carbocycles. The molecule has 0 aliphatic heterocycles. The molecule has 0 heterocycles. The Morgan fingerprint density at radius 3 is 2.26 bits per heavy atom. The van der Waals surface area contributed by atoms with E-state index in [-0.39, 0.29) is 0 Å². The third kappa shape index (κ3) is 3.84. The van der Waals surface area contributed by atoms with Gasteiger partial charge in [-0.05, 0) is 57.9 Å². The molecule has 1 aliphatic carbocycles. The predicted octanol–water partition coefficient (Wildman–Crippen LogP) is 3.97. The first-order valence-corrected chi connectivity index (χ1v) is 8.00. The number of carbonyl (C=O) groups excluding carboxylic acids is 1. The number of ether oxygens (including phenoxy) is 1. The molecule has 1 saturated carbocycles. The van der Waals surface area contributed by atoms with E-state index in [0.717, 1.165) is 32.0 Å². The minimum absolute atomic E-state index is 0.330. The normalized spacial score (nSPS) is 16.8. The van der Waals surface area contributed by atoms with Crippen molar-refractivity contribution >= 4 is 12.4 Å². The van der Waals surface area contributed by atoms with Gasteiger partial charge in [-0.2, -0.15) is 0 Å². The van der Waals surface area contributed by atoms with Crippen LogP contribution in [0.15, 0.2) is 24.3 Å². The average molecular weight is 319 g/mol. The number of hydrogen-bond acceptors (Lipinski definition) is 3. The van der Waals surface area contributed by atoms with Crippen LogP contribution in [0, 0.1) is 0 Å². The van der Waals surface area contributed by atoms with Gasteiger partial charge in [0.1, 0.15) is 18.6 Å². The first-order valence-electron chi connectivity index (χ1n) is 8.00. The van der Waals surface area contributed by atoms with Crippen molar-refractivity contribution in [1.82, 2.24) is 4.90 Å². The summed E-state index contributed by atoms with van der Waals surface area (Å²) in [7, 11) is 0. The number of benzene rings is 1. The molecule has 2 rings (SSSR count). The zero-order valence-corrected chi connectivity index (χ0v) is 14.0. The van der Waals surface area contributed by atoms with Crippen LogP contribution in [0.2, 0.25) is 0 Å². The molecule has 0 bridgehead atoms. The van der Waals surface area contributed by atoms with Crippen molar-refractivity contribution in [3.05, 3.63) is 29.8 Å². The Balaban J connectivity index is 2.19. The molecule has 1 N–H and O–H groups in total. The highest BCUT2D eigenvalue weighted by Gasteiger charge is 2.47. The fourth-order valence-electron chi connectivity index (χ4n) is 3.53. The molecule has 23 heavy (non-hydrogen) atoms. The molecule has 0 spiro atoms. The highest BCUT2D eigenvalue weighted by molar-refractivity contribution is 5.74. The summed E-state index contributed by atoms with van der Waals surface area (Å²) >= 11 is 0. The van der Waals surface area contributed by atoms with Gasteiger partial charge in [-0.25, -0.2) is 4.79 Å². The van der Waals surface area contributed by atoms with Crippen LogP contribution >= 0.6 is 0 Å². The smallest absolute Gasteiger partial charge is 0.408 e. The standard InChI is InChI=1S/C18H25NO4/c1-17(2,3)19(16(21)22)18(10-4-5-11-18)13-23-15-8-6-14(12-20)7-9-15/h6-9,12H,4-5,10-11,13H2,1-3H3,(H,21,22). The van der Waals surface area contributed by atoms with Crippen molar-refractivity contribution in [2.75, 3.05) is 6.61 Å². The number of aldehydes is 1. The van der Waals surface area contributed by atoms with Gasteiger partial charge in [0.15, 0.2) is 0 Å². The number of amides is 1. The fraction of sp³-hybridized carbons (Fsp3) is 0.556. The van der Waals surface area contributed by atoms with E-state index in [1.165, 1.54) is 0 Å². The Labute approximate surface area is 137 Å². The van der Waals surface area contributed by atoms with Gasteiger partial charge >= 0.3 is 6.09 Å². The van der Waals surface area contributed by atoms with Crippen LogP contribution in [-0.2, 0) is 0 Å². The highest BCUT2D eigenvalue weighted by Crippen LogP contribution is 2.39. The maximum Gasteiger partial charge on any atom is 0.408 e. The molecule has 0 radical (unpaired) electrons. The van der Waals surface area contributed by atoms with E-state index in [9.17, 15) is 14.7 Å². The van der Waals surface area contributed by atoms with Crippen molar-refractivity contribution in [1.29, 1.82) is 0 Å². The van der Waals surface area contributed by atoms with Gasteiger partial charge in [0.25, 0.3) is 0 Å². The minimum atomic E-state index is -0.903. The van der Waals surface area contributed by atoms with E-state index in [2.05, 4.69) is 0 Å². The van der Waals surface area contributed by atoms with Crippen LogP contribution < -0.4 is 4.74 Å². The Morgan fingerprint density at radius 2 is 1.83 bits per heavy atom. The highest BCUT2D eigenvalue weighted by atomic mass is 16.5. The van der Waals surface area contributed by atoms with Gasteiger partial charge < -0.3 is 9.84 Å². The van der Waals surface area contributed by atoms with Crippen molar-refractivity contribution < 1.29 is 19.4 Å². The third-order valence-corrected chi connectivity index (χ3v) is 4.39. The molecule has 0 atom stereocenters. The van der Waals surface area contributed by atoms with Gasteiger partial charge in [0.05, 0.1) is 5.54 Å². The third-order valence-electron chi connectivity index (χ3n) is 4.39. The largest absolute Gasteiger partial charge is 0.491 e. The van der Waals surface area contributed by atoms with Gasteiger partial charge in [-0.3, -0.25) is 9.69 Å². The van der Waals surface area contributed by atoms with E-state index in [1.54, 1.807) is 29.2 Å². The maximum atomic E-state index is 11.9. The second-order valence-electron chi connectivity index (χ2n) is 7.20. The van der Waals surface area contributed by atoms with Crippen LogP contribution in [-0.4, -0.2) is 40.1 Å². The molecule has 1 aromatic rings. The molecule has 0 unspecified atom stereocenters. The van der Waals surface area contributed by atoms with Gasteiger partial charge in [0, 0.05) is 11.1 Å². The van der Waals surface area contributed by atoms with Gasteiger partial charge in [-0.15, -0.1) is 0 Å². The average Bonchev–Trinajstić information content (AvgIpc) is 2.93. The Kier molecular flexibility index (Phi) is 4.97. The van der Waals surface area contributed by atoms with Crippen molar-refractivity contribution in [2.24, 2.45) is 0 Å². The lowest BCUT2D eigenvalue weighted by atomic mass is 9.90. The molecule has 5 heteroatoms. The zero-order chi connectivity index (χ0) is 17.1. The first kappa shape index (κ1) is 17.3. The molecular formula is C18H25NO4. The van der Waals surface area contributed by atoms with Crippen LogP contribution in [0.1, 0.15) is 56.8 Å². The molecule has 1 aliphatic rings. The summed E-state index contributed by atoms with van der Waals surface area (Å²) in [5.41, 5.74) is -0.385. The monoisotopic (exact) mass is 319 g/mol. The Morgan fingerprint density at radius 1 is 1.26 bits per heavy atom. The lowest BCUT2D eigenvalue weighted by molar-refractivity contribution is -0.00686. The fourth-order valence-corrected chi connectivity index (χ4v) is 3.53. The minimum Gasteiger partial charge on any atom is -0.491 e. The van der Waals surface area contributed by atoms with E-state index >= 15 is 0 Å². The van der Waals surface area contributed by atoms with Crippen LogP contribution in [0.5, 0.6) is 5.75 Å². The van der Waals surface area contributed by atoms with E-state index in [0.29, 0.717) is 17.9 Å². The lowest BCUT2D eigenvalue weighted by Crippen LogP contribution is -2.60. The quantitative estimate of drug-likeness (QED) is 0.834. The predicted molar refractivity (Wildman–Crippen MR) is 88.1 cm³/mol. The molecule has 0 saturated heterocycles. The summed E-state index contributed by atoms with van der Waals surface area (Å²) in [4.78, 5) is 24.1. The zero-order valence-electron chi connectivity index (χ0n) is 14.0. The van der Waals surface area contributed by atoms with Crippen LogP contribution in [0.25, 0.3) is 0 Å². The molecule has 1 amide bonds. The number of hydrogen-bond donors (Lipinski definition) is 1. The van der Waals surface area contributed by atoms with Crippen molar-refractivity contribution in [3.63, 3.8) is 0 Å². The topological polar surface area (TPSA) is 66.8 Å². The summed E-state index contributed by atoms with van der Waals surface area (Å²) in [6.45, 7) is 6.08. The van der Waals surface area contributed by atoms with Gasteiger partial charge in [0.2, 0.25) is 0 Å². The summed E-state index contributed by atoms with van der Waals surface area (Å²) in [5.74, 6) is 0.654. The number of carboxylic acid groups (broad SMARTS) is 1. The second-order valence-corrected chi connectivity index (χ2v) is 7.20. The van der Waals surface area contributed by atoms with Crippen LogP contribution in [0.4, 0.5) is 4.79 Å². The molecule has 1 fully saturated rings. The maximum absolute atomic E-state index is 11.9. The van der Waals surface area contributed by atoms with Crippen molar-refractivity contribution in [3.8, 4) is 5.75 Å². The number of nitrogens with zero attached hydrogens (tertiary/aromatic N) is 1. The van der Waals surface area contributed by atoms with Crippen LogP contribution in [0.3, 0.4) is 0 Å². The van der Waals surface area contributed by atoms with E-state index < -0.39 is 17.2 Å². The van der Waals surface area contributed by atoms with Crippen molar-refractivity contribution in [2.45, 2.75) is 57.5 Å². The lowest BCUT2D eigenvalue weighted by Gasteiger charge is -2.47. The number of carbonyl (C=O) groups is 2. The number of rotatable bonds is 5. The summed E-state index contributed by atoms with van der Waals surface area (Å²) in [6.07, 6.45) is 3.51. The van der Waals surface area contributed by atoms with E-state index in [4.69, 9.17) is 4.74 Å². The first-order chi connectivity index (χ1) is 10.8. The molecule has 126 valence electrons. The molecule has 5 nitrogen and oxygen atoms in total. The second kappa shape index (κ2) is 6.60. The summed E-state index contributed by atoms with van der Waals surface area (Å²) < 4.78 is 5.90. The SMILES string of the molecule is CC(C)(C)N(C(=O)O)C1(COc2ccc(C=O)cc2)CCCC1.